The van der Waals surface area contributed by atoms with Crippen molar-refractivity contribution in [2.45, 2.75) is 5.41 Å². The van der Waals surface area contributed by atoms with E-state index in [2.05, 4.69) is 235 Å². The van der Waals surface area contributed by atoms with Gasteiger partial charge in [0.1, 0.15) is 0 Å². The van der Waals surface area contributed by atoms with Gasteiger partial charge in [0.15, 0.2) is 23.0 Å². The zero-order valence-electron chi connectivity index (χ0n) is 34.8. The fourth-order valence-corrected chi connectivity index (χ4v) is 10.6. The van der Waals surface area contributed by atoms with E-state index in [1.807, 2.05) is 6.07 Å². The minimum Gasteiger partial charge on any atom is -0.449 e. The van der Waals surface area contributed by atoms with Gasteiger partial charge in [0.2, 0.25) is 0 Å². The van der Waals surface area contributed by atoms with Crippen molar-refractivity contribution in [1.82, 2.24) is 0 Å². The quantitative estimate of drug-likeness (QED) is 0.167. The van der Waals surface area contributed by atoms with Crippen molar-refractivity contribution >= 4 is 17.1 Å². The van der Waals surface area contributed by atoms with Gasteiger partial charge in [0, 0.05) is 22.6 Å². The van der Waals surface area contributed by atoms with Crippen molar-refractivity contribution in [3.05, 3.63) is 259 Å². The highest BCUT2D eigenvalue weighted by Gasteiger charge is 2.52. The predicted molar refractivity (Wildman–Crippen MR) is 260 cm³/mol. The summed E-state index contributed by atoms with van der Waals surface area (Å²) in [4.78, 5) is 2.33. The molecule has 64 heavy (non-hydrogen) atoms. The number of nitrogens with zero attached hydrogens (tertiary/aromatic N) is 1. The summed E-state index contributed by atoms with van der Waals surface area (Å²) in [5.41, 5.74) is 19.5. The van der Waals surface area contributed by atoms with E-state index < -0.39 is 5.41 Å². The SMILES string of the molecule is c1ccc(-c2cccc(N(c3ccccc3)c3cccc(-c4cccc(-c5cccc6c5Oc5cc7c(cc5O6)C5(c6ccccc6-c6ccccc65)c5ccccc5-7)c4)c3)c2)cc1. The first-order valence-corrected chi connectivity index (χ1v) is 21.9. The van der Waals surface area contributed by atoms with Crippen LogP contribution in [0.2, 0.25) is 0 Å². The molecule has 0 atom stereocenters. The van der Waals surface area contributed by atoms with E-state index in [1.54, 1.807) is 0 Å². The lowest BCUT2D eigenvalue weighted by Gasteiger charge is -2.31. The van der Waals surface area contributed by atoms with Gasteiger partial charge in [-0.1, -0.05) is 176 Å². The van der Waals surface area contributed by atoms with Gasteiger partial charge in [-0.2, -0.15) is 0 Å². The van der Waals surface area contributed by atoms with Crippen LogP contribution in [-0.4, -0.2) is 0 Å². The van der Waals surface area contributed by atoms with Crippen LogP contribution in [0.1, 0.15) is 22.3 Å². The molecule has 1 heterocycles. The molecule has 300 valence electrons. The number of anilines is 3. The maximum atomic E-state index is 7.00. The Labute approximate surface area is 372 Å². The lowest BCUT2D eigenvalue weighted by molar-refractivity contribution is 0.360. The van der Waals surface area contributed by atoms with Crippen molar-refractivity contribution < 1.29 is 9.47 Å². The van der Waals surface area contributed by atoms with Crippen molar-refractivity contribution in [2.75, 3.05) is 4.90 Å². The van der Waals surface area contributed by atoms with Crippen molar-refractivity contribution in [3.8, 4) is 78.6 Å². The molecule has 0 saturated carbocycles. The Morgan fingerprint density at radius 1 is 0.266 bits per heavy atom. The first-order chi connectivity index (χ1) is 31.7. The summed E-state index contributed by atoms with van der Waals surface area (Å²) >= 11 is 0. The zero-order chi connectivity index (χ0) is 42.2. The molecule has 10 aromatic carbocycles. The van der Waals surface area contributed by atoms with Crippen LogP contribution in [0.4, 0.5) is 17.1 Å². The summed E-state index contributed by atoms with van der Waals surface area (Å²) < 4.78 is 13.9. The Hall–Kier alpha value is -8.40. The Kier molecular flexibility index (Phi) is 8.13. The standard InChI is InChI=1S/C61H39NO2/c1-3-17-40(18-4-1)42-20-14-25-46(36-42)62(45-23-5-2-6-24-45)47-26-15-21-43(37-47)41-19-13-22-44(35-41)48-30-16-34-57-60(48)64-58-38-52-51-29-9-12-33-55(51)61(56(52)39-59(58)63-57)53-31-10-7-27-49(53)50-28-8-11-32-54(50)61/h1-39H. The number of rotatable bonds is 6. The molecular formula is C61H39NO2. The third-order valence-electron chi connectivity index (χ3n) is 13.3. The van der Waals surface area contributed by atoms with Crippen LogP contribution < -0.4 is 14.4 Å². The second kappa shape index (κ2) is 14.3. The minimum absolute atomic E-state index is 0.457. The molecule has 0 bridgehead atoms. The Bertz CT molecular complexity index is 3420. The van der Waals surface area contributed by atoms with Crippen LogP contribution in [0, 0.1) is 0 Å². The number of ether oxygens (including phenoxy) is 2. The fraction of sp³-hybridized carbons (Fsp3) is 0.0164. The van der Waals surface area contributed by atoms with E-state index >= 15 is 0 Å². The maximum absolute atomic E-state index is 7.00. The summed E-state index contributed by atoms with van der Waals surface area (Å²) in [6, 6.07) is 84.7. The van der Waals surface area contributed by atoms with E-state index in [0.717, 1.165) is 45.1 Å². The van der Waals surface area contributed by atoms with Crippen molar-refractivity contribution in [1.29, 1.82) is 0 Å². The average molecular weight is 818 g/mol. The van der Waals surface area contributed by atoms with Gasteiger partial charge in [0.05, 0.1) is 5.41 Å². The van der Waals surface area contributed by atoms with E-state index in [9.17, 15) is 0 Å². The largest absolute Gasteiger partial charge is 0.449 e. The van der Waals surface area contributed by atoms with Crippen LogP contribution in [0.25, 0.3) is 55.6 Å². The topological polar surface area (TPSA) is 21.7 Å². The molecule has 10 aromatic rings. The molecule has 1 spiro atoms. The molecule has 2 aliphatic carbocycles. The summed E-state index contributed by atoms with van der Waals surface area (Å²) in [5, 5.41) is 0. The molecule has 0 fully saturated rings. The first kappa shape index (κ1) is 36.3. The Morgan fingerprint density at radius 2 is 0.719 bits per heavy atom. The monoisotopic (exact) mass is 817 g/mol. The highest BCUT2D eigenvalue weighted by molar-refractivity contribution is 5.96. The molecule has 0 amide bonds. The van der Waals surface area contributed by atoms with Crippen LogP contribution in [0.5, 0.6) is 23.0 Å². The van der Waals surface area contributed by atoms with Crippen LogP contribution >= 0.6 is 0 Å². The lowest BCUT2D eigenvalue weighted by atomic mass is 9.70. The Morgan fingerprint density at radius 3 is 1.38 bits per heavy atom. The van der Waals surface area contributed by atoms with E-state index in [-0.39, 0.29) is 0 Å². The van der Waals surface area contributed by atoms with Crippen molar-refractivity contribution in [3.63, 3.8) is 0 Å². The second-order valence-electron chi connectivity index (χ2n) is 16.8. The molecule has 3 heteroatoms. The van der Waals surface area contributed by atoms with Gasteiger partial charge in [-0.05, 0) is 133 Å². The molecule has 1 aliphatic heterocycles. The molecule has 0 saturated heterocycles. The van der Waals surface area contributed by atoms with Gasteiger partial charge in [-0.3, -0.25) is 0 Å². The van der Waals surface area contributed by atoms with Crippen LogP contribution in [-0.2, 0) is 5.41 Å². The molecule has 0 N–H and O–H groups in total. The number of para-hydroxylation sites is 2. The summed E-state index contributed by atoms with van der Waals surface area (Å²) in [7, 11) is 0. The van der Waals surface area contributed by atoms with E-state index in [0.29, 0.717) is 17.2 Å². The lowest BCUT2D eigenvalue weighted by Crippen LogP contribution is -2.25. The van der Waals surface area contributed by atoms with Gasteiger partial charge in [-0.15, -0.1) is 0 Å². The number of benzene rings is 10. The summed E-state index contributed by atoms with van der Waals surface area (Å²) in [6.45, 7) is 0. The van der Waals surface area contributed by atoms with Crippen molar-refractivity contribution in [2.24, 2.45) is 0 Å². The molecule has 3 aliphatic rings. The average Bonchev–Trinajstić information content (AvgIpc) is 3.82. The third-order valence-corrected chi connectivity index (χ3v) is 13.3. The van der Waals surface area contributed by atoms with Gasteiger partial charge in [-0.25, -0.2) is 0 Å². The van der Waals surface area contributed by atoms with E-state index in [4.69, 9.17) is 9.47 Å². The van der Waals surface area contributed by atoms with E-state index in [1.165, 1.54) is 55.6 Å². The highest BCUT2D eigenvalue weighted by Crippen LogP contribution is 2.65. The third kappa shape index (κ3) is 5.47. The molecule has 0 aromatic heterocycles. The summed E-state index contributed by atoms with van der Waals surface area (Å²) in [6.07, 6.45) is 0. The number of hydrogen-bond acceptors (Lipinski definition) is 3. The number of hydrogen-bond donors (Lipinski definition) is 0. The smallest absolute Gasteiger partial charge is 0.177 e. The van der Waals surface area contributed by atoms with Gasteiger partial charge in [0.25, 0.3) is 0 Å². The van der Waals surface area contributed by atoms with Crippen LogP contribution in [0.3, 0.4) is 0 Å². The van der Waals surface area contributed by atoms with Gasteiger partial charge < -0.3 is 14.4 Å². The normalized spacial score (nSPS) is 13.1. The molecule has 0 radical (unpaired) electrons. The molecule has 0 unspecified atom stereocenters. The molecular weight excluding hydrogens is 779 g/mol. The number of fused-ring (bicyclic) bond motifs is 12. The summed E-state index contributed by atoms with van der Waals surface area (Å²) in [5.74, 6) is 2.85. The molecule has 3 nitrogen and oxygen atoms in total. The highest BCUT2D eigenvalue weighted by atomic mass is 16.6. The fourth-order valence-electron chi connectivity index (χ4n) is 10.6. The predicted octanol–water partition coefficient (Wildman–Crippen LogP) is 16.4. The minimum atomic E-state index is -0.457. The Balaban J connectivity index is 0.878. The first-order valence-electron chi connectivity index (χ1n) is 21.9. The zero-order valence-corrected chi connectivity index (χ0v) is 34.8. The second-order valence-corrected chi connectivity index (χ2v) is 16.8. The van der Waals surface area contributed by atoms with Gasteiger partial charge >= 0.3 is 0 Å². The maximum Gasteiger partial charge on any atom is 0.177 e. The van der Waals surface area contributed by atoms with Crippen LogP contribution in [0.15, 0.2) is 237 Å². The molecule has 13 rings (SSSR count).